The Hall–Kier alpha value is -8.36. The maximum absolute atomic E-state index is 16.6. The van der Waals surface area contributed by atoms with E-state index in [2.05, 4.69) is 251 Å². The summed E-state index contributed by atoms with van der Waals surface area (Å²) in [4.78, 5) is 4.55. The van der Waals surface area contributed by atoms with Crippen LogP contribution < -0.4 is 25.1 Å². The van der Waals surface area contributed by atoms with Crippen LogP contribution in [0, 0.1) is 5.21 Å². The third-order valence-electron chi connectivity index (χ3n) is 13.9. The van der Waals surface area contributed by atoms with Crippen molar-refractivity contribution in [3.63, 3.8) is 0 Å². The first-order valence-electron chi connectivity index (χ1n) is 24.1. The van der Waals surface area contributed by atoms with Crippen LogP contribution in [-0.2, 0) is 0 Å². The molecule has 2 aliphatic heterocycles. The summed E-state index contributed by atoms with van der Waals surface area (Å²) < 4.78 is -0.621. The van der Waals surface area contributed by atoms with Gasteiger partial charge in [0.25, 0.3) is 0 Å². The Morgan fingerprint density at radius 2 is 0.671 bits per heavy atom. The topological polar surface area (TPSA) is 53.6 Å². The van der Waals surface area contributed by atoms with Gasteiger partial charge in [0.2, 0.25) is 0 Å². The van der Waals surface area contributed by atoms with Crippen LogP contribution >= 0.6 is 0 Å². The maximum atomic E-state index is 16.6. The number of quaternary nitrogens is 1. The monoisotopic (exact) mass is 905 g/mol. The molecule has 338 valence electrons. The molecule has 1 fully saturated rings. The number of rotatable bonds is 11. The van der Waals surface area contributed by atoms with Crippen LogP contribution in [0.2, 0.25) is 0 Å². The van der Waals surface area contributed by atoms with Gasteiger partial charge in [-0.1, -0.05) is 158 Å². The molecule has 2 N–H and O–H groups in total. The molecule has 6 nitrogen and oxygen atoms in total. The van der Waals surface area contributed by atoms with Gasteiger partial charge in [0.1, 0.15) is 11.4 Å². The minimum Gasteiger partial charge on any atom is -0.621 e. The lowest BCUT2D eigenvalue weighted by Crippen LogP contribution is -2.61. The van der Waals surface area contributed by atoms with Gasteiger partial charge in [-0.2, -0.15) is 0 Å². The van der Waals surface area contributed by atoms with Gasteiger partial charge in [-0.3, -0.25) is 9.96 Å². The van der Waals surface area contributed by atoms with Crippen LogP contribution in [0.3, 0.4) is 0 Å². The molecule has 2 heterocycles. The maximum Gasteiger partial charge on any atom is 0.155 e. The number of nitrogens with zero attached hydrogens (tertiary/aromatic N) is 3. The zero-order chi connectivity index (χ0) is 46.9. The molecule has 10 aromatic carbocycles. The van der Waals surface area contributed by atoms with E-state index in [4.69, 9.17) is 0 Å². The van der Waals surface area contributed by atoms with Crippen molar-refractivity contribution in [3.8, 4) is 33.4 Å². The summed E-state index contributed by atoms with van der Waals surface area (Å²) in [6.07, 6.45) is -0.161. The molecule has 70 heavy (non-hydrogen) atoms. The smallest absolute Gasteiger partial charge is 0.155 e. The zero-order valence-corrected chi connectivity index (χ0v) is 38.6. The molecular formula is C64H51N5O. The van der Waals surface area contributed by atoms with Crippen molar-refractivity contribution in [2.24, 2.45) is 0 Å². The number of nitrogens with one attached hydrogen (secondary N) is 2. The summed E-state index contributed by atoms with van der Waals surface area (Å²) in [6, 6.07) is 93.2. The van der Waals surface area contributed by atoms with Crippen molar-refractivity contribution in [2.75, 3.05) is 9.80 Å². The Labute approximate surface area is 410 Å². The molecule has 3 atom stereocenters. The van der Waals surface area contributed by atoms with Gasteiger partial charge in [-0.15, -0.1) is 0 Å². The first kappa shape index (κ1) is 43.0. The molecule has 0 amide bonds. The van der Waals surface area contributed by atoms with E-state index in [0.717, 1.165) is 90.0 Å². The van der Waals surface area contributed by atoms with E-state index in [0.29, 0.717) is 6.42 Å². The number of benzene rings is 10. The van der Waals surface area contributed by atoms with Gasteiger partial charge in [0.15, 0.2) is 6.17 Å². The molecule has 0 aliphatic carbocycles. The molecule has 6 heteroatoms. The highest BCUT2D eigenvalue weighted by Crippen LogP contribution is 2.57. The second-order valence-electron chi connectivity index (χ2n) is 18.1. The molecule has 0 radical (unpaired) electrons. The molecular weight excluding hydrogens is 855 g/mol. The van der Waals surface area contributed by atoms with E-state index in [1.165, 1.54) is 0 Å². The van der Waals surface area contributed by atoms with E-state index >= 15 is 5.21 Å². The zero-order valence-electron chi connectivity index (χ0n) is 38.6. The van der Waals surface area contributed by atoms with Crippen molar-refractivity contribution in [1.82, 2.24) is 15.3 Å². The van der Waals surface area contributed by atoms with Crippen molar-refractivity contribution < 1.29 is 0 Å². The van der Waals surface area contributed by atoms with E-state index in [1.807, 2.05) is 36.4 Å². The lowest BCUT2D eigenvalue weighted by molar-refractivity contribution is 0.170. The van der Waals surface area contributed by atoms with Crippen molar-refractivity contribution in [3.05, 3.63) is 283 Å². The third kappa shape index (κ3) is 8.05. The average Bonchev–Trinajstić information content (AvgIpc) is 3.70. The number of hydrogen-bond donors (Lipinski definition) is 2. The fraction of sp³-hybridized carbons (Fsp3) is 0.0625. The van der Waals surface area contributed by atoms with Crippen molar-refractivity contribution in [1.29, 1.82) is 0 Å². The predicted molar refractivity (Wildman–Crippen MR) is 290 cm³/mol. The minimum atomic E-state index is -0.621. The highest BCUT2D eigenvalue weighted by molar-refractivity contribution is 5.99. The SMILES string of the molecule is [O-][N+]1(C2CC(c3ccccc3)NC(c3ccccc3)N2)c2ccc(-c3ccc(N(c4ccccc4)c4ccccc4)cc3)cc2-c2cc(-c3ccc(N(c4ccccc4)c4ccccc4)cc3)ccc21. The van der Waals surface area contributed by atoms with Crippen LogP contribution in [0.5, 0.6) is 0 Å². The summed E-state index contributed by atoms with van der Waals surface area (Å²) in [7, 11) is 0. The van der Waals surface area contributed by atoms with Gasteiger partial charge < -0.3 is 15.0 Å². The summed E-state index contributed by atoms with van der Waals surface area (Å²) in [6.45, 7) is 0. The summed E-state index contributed by atoms with van der Waals surface area (Å²) in [5.74, 6) is 0. The average molecular weight is 906 g/mol. The second kappa shape index (κ2) is 18.6. The van der Waals surface area contributed by atoms with Crippen LogP contribution in [0.25, 0.3) is 33.4 Å². The minimum absolute atomic E-state index is 0.0534. The summed E-state index contributed by atoms with van der Waals surface area (Å²) >= 11 is 0. The van der Waals surface area contributed by atoms with Gasteiger partial charge in [-0.25, -0.2) is 5.32 Å². The van der Waals surface area contributed by atoms with Gasteiger partial charge in [-0.05, 0) is 130 Å². The number of anilines is 6. The Morgan fingerprint density at radius 1 is 0.343 bits per heavy atom. The lowest BCUT2D eigenvalue weighted by Gasteiger charge is -2.50. The Morgan fingerprint density at radius 3 is 1.06 bits per heavy atom. The summed E-state index contributed by atoms with van der Waals surface area (Å²) in [5, 5.41) is 24.3. The van der Waals surface area contributed by atoms with Crippen LogP contribution in [0.15, 0.2) is 267 Å². The van der Waals surface area contributed by atoms with Gasteiger partial charge >= 0.3 is 0 Å². The summed E-state index contributed by atoms with van der Waals surface area (Å²) in [5.41, 5.74) is 16.4. The van der Waals surface area contributed by atoms with E-state index < -0.39 is 10.8 Å². The molecule has 12 rings (SSSR count). The highest BCUT2D eigenvalue weighted by atomic mass is 16.6. The molecule has 0 spiro atoms. The first-order chi connectivity index (χ1) is 34.6. The van der Waals surface area contributed by atoms with Crippen molar-refractivity contribution >= 4 is 45.5 Å². The first-order valence-corrected chi connectivity index (χ1v) is 24.1. The quantitative estimate of drug-likeness (QED) is 0.100. The predicted octanol–water partition coefficient (Wildman–Crippen LogP) is 16.4. The van der Waals surface area contributed by atoms with E-state index in [1.54, 1.807) is 0 Å². The normalized spacial score (nSPS) is 16.7. The molecule has 0 bridgehead atoms. The van der Waals surface area contributed by atoms with Gasteiger partial charge in [0, 0.05) is 58.7 Å². The largest absolute Gasteiger partial charge is 0.621 e. The molecule has 1 saturated heterocycles. The number of para-hydroxylation sites is 4. The third-order valence-corrected chi connectivity index (χ3v) is 13.9. The molecule has 0 aromatic heterocycles. The fourth-order valence-corrected chi connectivity index (χ4v) is 10.5. The highest BCUT2D eigenvalue weighted by Gasteiger charge is 2.47. The Kier molecular flexibility index (Phi) is 11.4. The van der Waals surface area contributed by atoms with E-state index in [9.17, 15) is 0 Å². The van der Waals surface area contributed by atoms with Gasteiger partial charge in [0.05, 0.1) is 17.3 Å². The number of hydrogen-bond acceptors (Lipinski definition) is 5. The standard InChI is InChI=1S/C64H51N5O/c70-69(63-45-60(48-19-7-1-8-20-48)65-64(66-63)49-21-9-2-10-22-49)61-41-35-50(46-31-37-56(38-32-46)67(52-23-11-3-12-24-52)53-25-13-4-14-26-53)43-58(61)59-44-51(36-42-62(59)69)47-33-39-57(40-34-47)68(54-27-15-5-16-28-54)55-29-17-6-18-30-55/h1-44,60,63-66H,45H2. The lowest BCUT2D eigenvalue weighted by atomic mass is 9.96. The molecule has 3 unspecified atom stereocenters. The fourth-order valence-electron chi connectivity index (χ4n) is 10.5. The number of fused-ring (bicyclic) bond motifs is 3. The van der Waals surface area contributed by atoms with Crippen molar-refractivity contribution in [2.45, 2.75) is 24.8 Å². The van der Waals surface area contributed by atoms with Crippen LogP contribution in [0.1, 0.15) is 29.8 Å². The number of hydroxylamine groups is 1. The Balaban J connectivity index is 0.955. The Bertz CT molecular complexity index is 3050. The molecule has 0 saturated carbocycles. The molecule has 2 aliphatic rings. The van der Waals surface area contributed by atoms with E-state index in [-0.39, 0.29) is 12.2 Å². The van der Waals surface area contributed by atoms with Crippen LogP contribution in [-0.4, -0.2) is 6.17 Å². The molecule has 10 aromatic rings. The second-order valence-corrected chi connectivity index (χ2v) is 18.1. The van der Waals surface area contributed by atoms with Crippen LogP contribution in [0.4, 0.5) is 45.5 Å².